The maximum absolute atomic E-state index is 11.2. The number of hydrogen-bond acceptors (Lipinski definition) is 3. The van der Waals surface area contributed by atoms with E-state index in [4.69, 9.17) is 9.47 Å². The van der Waals surface area contributed by atoms with E-state index in [0.29, 0.717) is 0 Å². The van der Waals surface area contributed by atoms with Gasteiger partial charge in [-0.05, 0) is 24.0 Å². The molecule has 3 heteroatoms. The summed E-state index contributed by atoms with van der Waals surface area (Å²) in [5, 5.41) is 11.2. The molecule has 0 amide bonds. The van der Waals surface area contributed by atoms with Crippen LogP contribution in [0.3, 0.4) is 0 Å². The van der Waals surface area contributed by atoms with Crippen molar-refractivity contribution < 1.29 is 14.6 Å². The monoisotopic (exact) mass is 248 g/mol. The van der Waals surface area contributed by atoms with Gasteiger partial charge in [-0.25, -0.2) is 0 Å². The Balaban J connectivity index is 2.15. The highest BCUT2D eigenvalue weighted by Crippen LogP contribution is 2.61. The minimum Gasteiger partial charge on any atom is -0.379 e. The van der Waals surface area contributed by atoms with Gasteiger partial charge in [-0.3, -0.25) is 0 Å². The second-order valence-corrected chi connectivity index (χ2v) is 5.31. The van der Waals surface area contributed by atoms with Gasteiger partial charge in [-0.2, -0.15) is 0 Å². The maximum atomic E-state index is 11.2. The molecule has 1 fully saturated rings. The summed E-state index contributed by atoms with van der Waals surface area (Å²) in [4.78, 5) is 0. The lowest BCUT2D eigenvalue weighted by molar-refractivity contribution is -0.323. The maximum Gasteiger partial charge on any atom is 0.201 e. The number of hydrogen-bond donors (Lipinski definition) is 1. The summed E-state index contributed by atoms with van der Waals surface area (Å²) in [7, 11) is 3.26. The molecule has 98 valence electrons. The quantitative estimate of drug-likeness (QED) is 0.817. The molecule has 1 aromatic rings. The molecule has 1 saturated carbocycles. The van der Waals surface area contributed by atoms with Crippen LogP contribution in [0.25, 0.3) is 0 Å². The highest BCUT2D eigenvalue weighted by Gasteiger charge is 2.64. The van der Waals surface area contributed by atoms with E-state index in [0.717, 1.165) is 31.2 Å². The van der Waals surface area contributed by atoms with Gasteiger partial charge in [0.15, 0.2) is 5.60 Å². The first-order valence-corrected chi connectivity index (χ1v) is 6.61. The molecule has 2 aliphatic rings. The Morgan fingerprint density at radius 2 is 1.89 bits per heavy atom. The van der Waals surface area contributed by atoms with Gasteiger partial charge in [0.25, 0.3) is 0 Å². The minimum atomic E-state index is -0.996. The molecule has 0 unspecified atom stereocenters. The Hall–Kier alpha value is -0.900. The predicted octanol–water partition coefficient (Wildman–Crippen LogP) is 2.53. The van der Waals surface area contributed by atoms with E-state index < -0.39 is 11.4 Å². The van der Waals surface area contributed by atoms with E-state index in [1.165, 1.54) is 5.56 Å². The van der Waals surface area contributed by atoms with Crippen molar-refractivity contribution in [3.8, 4) is 0 Å². The van der Waals surface area contributed by atoms with Crippen LogP contribution in [-0.4, -0.2) is 25.1 Å². The van der Waals surface area contributed by atoms with Gasteiger partial charge in [0.05, 0.1) is 0 Å². The molecule has 3 rings (SSSR count). The van der Waals surface area contributed by atoms with E-state index in [-0.39, 0.29) is 5.92 Å². The number of ether oxygens (including phenoxy) is 2. The van der Waals surface area contributed by atoms with Crippen molar-refractivity contribution in [3.05, 3.63) is 35.4 Å². The second kappa shape index (κ2) is 4.05. The molecule has 1 aromatic carbocycles. The predicted molar refractivity (Wildman–Crippen MR) is 68.3 cm³/mol. The lowest BCUT2D eigenvalue weighted by Gasteiger charge is -2.55. The van der Waals surface area contributed by atoms with Crippen LogP contribution in [0.5, 0.6) is 0 Å². The Bertz CT molecular complexity index is 453. The van der Waals surface area contributed by atoms with Crippen molar-refractivity contribution in [3.63, 3.8) is 0 Å². The Labute approximate surface area is 108 Å². The fourth-order valence-corrected chi connectivity index (χ4v) is 3.81. The van der Waals surface area contributed by atoms with E-state index in [1.807, 2.05) is 18.2 Å². The van der Waals surface area contributed by atoms with Crippen molar-refractivity contribution in [2.75, 3.05) is 14.2 Å². The Morgan fingerprint density at radius 1 is 1.17 bits per heavy atom. The van der Waals surface area contributed by atoms with E-state index >= 15 is 0 Å². The summed E-state index contributed by atoms with van der Waals surface area (Å²) in [6.45, 7) is 0. The molecule has 0 bridgehead atoms. The van der Waals surface area contributed by atoms with Crippen molar-refractivity contribution >= 4 is 0 Å². The summed E-state index contributed by atoms with van der Waals surface area (Å²) in [5.74, 6) is -0.765. The first-order valence-electron chi connectivity index (χ1n) is 6.61. The summed E-state index contributed by atoms with van der Waals surface area (Å²) < 4.78 is 11.3. The van der Waals surface area contributed by atoms with Gasteiger partial charge >= 0.3 is 0 Å². The zero-order valence-electron chi connectivity index (χ0n) is 11.0. The van der Waals surface area contributed by atoms with Gasteiger partial charge < -0.3 is 14.6 Å². The first kappa shape index (κ1) is 12.2. The number of methoxy groups -OCH3 is 2. The molecular formula is C15H20O3. The topological polar surface area (TPSA) is 38.7 Å². The van der Waals surface area contributed by atoms with Crippen LogP contribution in [0.2, 0.25) is 0 Å². The third-order valence-electron chi connectivity index (χ3n) is 4.74. The summed E-state index contributed by atoms with van der Waals surface area (Å²) in [5.41, 5.74) is 1.23. The lowest BCUT2D eigenvalue weighted by atomic mass is 9.59. The minimum absolute atomic E-state index is 0.135. The molecule has 2 aliphatic carbocycles. The third kappa shape index (κ3) is 1.25. The largest absolute Gasteiger partial charge is 0.379 e. The number of benzene rings is 1. The van der Waals surface area contributed by atoms with Crippen LogP contribution in [0, 0.1) is 0 Å². The molecule has 0 heterocycles. The molecule has 0 aliphatic heterocycles. The second-order valence-electron chi connectivity index (χ2n) is 5.31. The molecule has 18 heavy (non-hydrogen) atoms. The standard InChI is InChI=1S/C15H20O3/c1-17-14(18-2)10-6-5-9-13-11-7-3-4-8-12(11)15(13,14)16/h3-4,7-8,13,16H,5-6,9-10H2,1-2H3/t13-,15-/m0/s1. The Morgan fingerprint density at radius 3 is 2.61 bits per heavy atom. The summed E-state index contributed by atoms with van der Waals surface area (Å²) in [6, 6.07) is 8.10. The average molecular weight is 248 g/mol. The molecule has 0 radical (unpaired) electrons. The third-order valence-corrected chi connectivity index (χ3v) is 4.74. The first-order chi connectivity index (χ1) is 8.69. The highest BCUT2D eigenvalue weighted by atomic mass is 16.7. The van der Waals surface area contributed by atoms with Crippen molar-refractivity contribution in [2.45, 2.75) is 43.0 Å². The van der Waals surface area contributed by atoms with Gasteiger partial charge in [-0.1, -0.05) is 30.7 Å². The molecule has 2 atom stereocenters. The van der Waals surface area contributed by atoms with Crippen LogP contribution in [-0.2, 0) is 15.1 Å². The van der Waals surface area contributed by atoms with Crippen LogP contribution in [0.15, 0.2) is 24.3 Å². The smallest absolute Gasteiger partial charge is 0.201 e. The van der Waals surface area contributed by atoms with Crippen molar-refractivity contribution in [2.24, 2.45) is 0 Å². The summed E-state index contributed by atoms with van der Waals surface area (Å²) >= 11 is 0. The fraction of sp³-hybridized carbons (Fsp3) is 0.600. The molecule has 0 spiro atoms. The SMILES string of the molecule is COC1(OC)CCCC[C@H]2c3ccccc3[C@]21O. The number of aliphatic hydroxyl groups is 1. The van der Waals surface area contributed by atoms with Crippen LogP contribution < -0.4 is 0 Å². The van der Waals surface area contributed by atoms with E-state index in [2.05, 4.69) is 6.07 Å². The van der Waals surface area contributed by atoms with Crippen LogP contribution in [0.1, 0.15) is 42.7 Å². The van der Waals surface area contributed by atoms with Crippen molar-refractivity contribution in [1.29, 1.82) is 0 Å². The van der Waals surface area contributed by atoms with Gasteiger partial charge in [0.1, 0.15) is 0 Å². The Kier molecular flexibility index (Phi) is 2.73. The summed E-state index contributed by atoms with van der Waals surface area (Å²) in [6.07, 6.45) is 3.87. The molecular weight excluding hydrogens is 228 g/mol. The zero-order chi connectivity index (χ0) is 12.8. The molecule has 0 aromatic heterocycles. The van der Waals surface area contributed by atoms with Gasteiger partial charge in [0, 0.05) is 26.6 Å². The molecule has 0 saturated heterocycles. The highest BCUT2D eigenvalue weighted by molar-refractivity contribution is 5.50. The van der Waals surface area contributed by atoms with E-state index in [9.17, 15) is 5.11 Å². The zero-order valence-corrected chi connectivity index (χ0v) is 11.0. The van der Waals surface area contributed by atoms with Crippen LogP contribution >= 0.6 is 0 Å². The van der Waals surface area contributed by atoms with Gasteiger partial charge in [-0.15, -0.1) is 0 Å². The van der Waals surface area contributed by atoms with E-state index in [1.54, 1.807) is 14.2 Å². The lowest BCUT2D eigenvalue weighted by Crippen LogP contribution is -2.61. The molecule has 3 nitrogen and oxygen atoms in total. The fourth-order valence-electron chi connectivity index (χ4n) is 3.81. The molecule has 1 N–H and O–H groups in total. The number of fused-ring (bicyclic) bond motifs is 4. The number of rotatable bonds is 2. The normalized spacial score (nSPS) is 32.9. The van der Waals surface area contributed by atoms with Gasteiger partial charge in [0.2, 0.25) is 5.79 Å². The van der Waals surface area contributed by atoms with Crippen molar-refractivity contribution in [1.82, 2.24) is 0 Å². The van der Waals surface area contributed by atoms with Crippen LogP contribution in [0.4, 0.5) is 0 Å². The average Bonchev–Trinajstić information content (AvgIpc) is 2.54.